The van der Waals surface area contributed by atoms with Crippen LogP contribution < -0.4 is 15.5 Å². The molecule has 1 aromatic heterocycles. The van der Waals surface area contributed by atoms with E-state index in [1.54, 1.807) is 0 Å². The maximum absolute atomic E-state index is 5.20. The van der Waals surface area contributed by atoms with Crippen LogP contribution in [0.5, 0.6) is 0 Å². The summed E-state index contributed by atoms with van der Waals surface area (Å²) in [6, 6.07) is 0. The van der Waals surface area contributed by atoms with Crippen molar-refractivity contribution in [3.05, 3.63) is 29.9 Å². The van der Waals surface area contributed by atoms with Gasteiger partial charge in [-0.3, -0.25) is 5.32 Å². The number of imidazole rings is 1. The van der Waals surface area contributed by atoms with Crippen molar-refractivity contribution in [2.45, 2.75) is 39.0 Å². The van der Waals surface area contributed by atoms with Crippen LogP contribution in [0.15, 0.2) is 18.4 Å². The second kappa shape index (κ2) is 6.96. The van der Waals surface area contributed by atoms with Gasteiger partial charge in [-0.15, -0.1) is 0 Å². The Balaban J connectivity index is 1.45. The molecule has 0 radical (unpaired) electrons. The second-order valence-corrected chi connectivity index (χ2v) is 6.61. The minimum absolute atomic E-state index is 0.204. The fraction of sp³-hybridized carbons (Fsp3) is 0.588. The van der Waals surface area contributed by atoms with Crippen LogP contribution in [0.2, 0.25) is 0 Å². The topological polar surface area (TPSA) is 74.4 Å². The summed E-state index contributed by atoms with van der Waals surface area (Å²) in [6.45, 7) is 4.92. The number of anilines is 1. The molecule has 7 nitrogen and oxygen atoms in total. The van der Waals surface area contributed by atoms with Crippen molar-refractivity contribution in [1.82, 2.24) is 20.6 Å². The van der Waals surface area contributed by atoms with Crippen LogP contribution >= 0.6 is 0 Å². The Hall–Kier alpha value is -1.83. The van der Waals surface area contributed by atoms with Crippen LogP contribution in [0, 0.1) is 5.92 Å². The third kappa shape index (κ3) is 3.48. The number of nitrogens with one attached hydrogen (secondary N) is 3. The van der Waals surface area contributed by atoms with E-state index >= 15 is 0 Å². The Bertz CT molecular complexity index is 635. The summed E-state index contributed by atoms with van der Waals surface area (Å²) in [6.07, 6.45) is 10.2. The molecule has 1 fully saturated rings. The van der Waals surface area contributed by atoms with Crippen molar-refractivity contribution < 1.29 is 9.78 Å². The van der Waals surface area contributed by atoms with Crippen LogP contribution in [0.3, 0.4) is 0 Å². The molecule has 7 heteroatoms. The largest absolute Gasteiger partial charge is 0.372 e. The summed E-state index contributed by atoms with van der Waals surface area (Å²) in [5, 5.41) is 6.91. The number of aromatic nitrogens is 2. The molecule has 3 aliphatic rings. The minimum Gasteiger partial charge on any atom is -0.372 e. The summed E-state index contributed by atoms with van der Waals surface area (Å²) in [5.74, 6) is 2.65. The summed E-state index contributed by atoms with van der Waals surface area (Å²) >= 11 is 0. The van der Waals surface area contributed by atoms with Crippen molar-refractivity contribution in [2.75, 3.05) is 24.7 Å². The fourth-order valence-corrected chi connectivity index (χ4v) is 2.98. The Morgan fingerprint density at radius 1 is 1.38 bits per heavy atom. The maximum atomic E-state index is 5.20. The summed E-state index contributed by atoms with van der Waals surface area (Å²) in [7, 11) is 0. The van der Waals surface area contributed by atoms with E-state index in [2.05, 4.69) is 39.6 Å². The quantitative estimate of drug-likeness (QED) is 0.691. The SMILES string of the molecule is CCCN1COOCc2[nH]c(C3=CNC(NCC4CC4)C=C3)nc21. The molecule has 2 aliphatic heterocycles. The van der Waals surface area contributed by atoms with Gasteiger partial charge in [0.1, 0.15) is 12.4 Å². The molecule has 1 aliphatic carbocycles. The fourth-order valence-electron chi connectivity index (χ4n) is 2.98. The van der Waals surface area contributed by atoms with Crippen molar-refractivity contribution in [1.29, 1.82) is 0 Å². The lowest BCUT2D eigenvalue weighted by atomic mass is 10.2. The molecule has 1 aromatic rings. The van der Waals surface area contributed by atoms with Crippen LogP contribution in [0.25, 0.3) is 5.57 Å². The molecule has 0 aromatic carbocycles. The predicted molar refractivity (Wildman–Crippen MR) is 91.7 cm³/mol. The van der Waals surface area contributed by atoms with Gasteiger partial charge < -0.3 is 15.2 Å². The van der Waals surface area contributed by atoms with Gasteiger partial charge in [0.05, 0.1) is 11.9 Å². The first-order chi connectivity index (χ1) is 11.8. The van der Waals surface area contributed by atoms with Gasteiger partial charge in [-0.1, -0.05) is 13.0 Å². The van der Waals surface area contributed by atoms with Gasteiger partial charge in [-0.25, -0.2) is 14.8 Å². The molecule has 1 unspecified atom stereocenters. The van der Waals surface area contributed by atoms with Gasteiger partial charge in [0.15, 0.2) is 12.5 Å². The number of hydrogen-bond acceptors (Lipinski definition) is 6. The van der Waals surface area contributed by atoms with E-state index in [4.69, 9.17) is 14.8 Å². The van der Waals surface area contributed by atoms with Gasteiger partial charge in [-0.05, 0) is 31.3 Å². The molecule has 1 saturated carbocycles. The predicted octanol–water partition coefficient (Wildman–Crippen LogP) is 1.87. The molecule has 24 heavy (non-hydrogen) atoms. The molecule has 0 saturated heterocycles. The normalized spacial score (nSPS) is 23.5. The molecule has 1 atom stereocenters. The average Bonchev–Trinajstić information content (AvgIpc) is 3.38. The molecule has 0 amide bonds. The van der Waals surface area contributed by atoms with E-state index in [0.29, 0.717) is 13.3 Å². The van der Waals surface area contributed by atoms with E-state index in [9.17, 15) is 0 Å². The zero-order valence-electron chi connectivity index (χ0n) is 14.0. The Morgan fingerprint density at radius 2 is 2.29 bits per heavy atom. The molecule has 4 rings (SSSR count). The highest BCUT2D eigenvalue weighted by molar-refractivity contribution is 5.72. The number of fused-ring (bicyclic) bond motifs is 1. The molecular formula is C17H25N5O2. The molecule has 0 spiro atoms. The minimum atomic E-state index is 0.204. The lowest BCUT2D eigenvalue weighted by molar-refractivity contribution is -0.300. The number of rotatable bonds is 6. The third-order valence-corrected chi connectivity index (χ3v) is 4.53. The standard InChI is InChI=1S/C17H25N5O2/c1-2-7-22-11-24-23-10-14-17(22)21-16(20-14)13-5-6-15(19-9-13)18-8-12-3-4-12/h5-6,9,12,15,18-19H,2-4,7-8,10-11H2,1H3,(H,20,21). The first-order valence-corrected chi connectivity index (χ1v) is 8.80. The number of dihydropyridines is 1. The van der Waals surface area contributed by atoms with Crippen molar-refractivity contribution in [3.8, 4) is 0 Å². The first kappa shape index (κ1) is 15.7. The lowest BCUT2D eigenvalue weighted by Crippen LogP contribution is -2.40. The highest BCUT2D eigenvalue weighted by Gasteiger charge is 2.23. The third-order valence-electron chi connectivity index (χ3n) is 4.53. The molecule has 130 valence electrons. The maximum Gasteiger partial charge on any atom is 0.155 e. The summed E-state index contributed by atoms with van der Waals surface area (Å²) in [4.78, 5) is 20.6. The number of allylic oxidation sites excluding steroid dienone is 2. The van der Waals surface area contributed by atoms with Gasteiger partial charge in [0, 0.05) is 24.9 Å². The van der Waals surface area contributed by atoms with Gasteiger partial charge in [-0.2, -0.15) is 0 Å². The van der Waals surface area contributed by atoms with Crippen LogP contribution in [0.4, 0.5) is 5.82 Å². The smallest absolute Gasteiger partial charge is 0.155 e. The Labute approximate surface area is 142 Å². The van der Waals surface area contributed by atoms with Gasteiger partial charge in [0.25, 0.3) is 0 Å². The lowest BCUT2D eigenvalue weighted by Gasteiger charge is -2.20. The molecule has 3 heterocycles. The molecule has 3 N–H and O–H groups in total. The van der Waals surface area contributed by atoms with Gasteiger partial charge >= 0.3 is 0 Å². The summed E-state index contributed by atoms with van der Waals surface area (Å²) < 4.78 is 0. The first-order valence-electron chi connectivity index (χ1n) is 8.80. The molecule has 0 bridgehead atoms. The van der Waals surface area contributed by atoms with Crippen molar-refractivity contribution in [3.63, 3.8) is 0 Å². The van der Waals surface area contributed by atoms with E-state index < -0.39 is 0 Å². The number of H-pyrrole nitrogens is 1. The van der Waals surface area contributed by atoms with Crippen LogP contribution in [0.1, 0.15) is 37.7 Å². The highest BCUT2D eigenvalue weighted by atomic mass is 17.2. The zero-order chi connectivity index (χ0) is 16.4. The van der Waals surface area contributed by atoms with E-state index in [-0.39, 0.29) is 6.17 Å². The van der Waals surface area contributed by atoms with Crippen molar-refractivity contribution >= 4 is 11.4 Å². The summed E-state index contributed by atoms with van der Waals surface area (Å²) in [5.41, 5.74) is 2.00. The van der Waals surface area contributed by atoms with E-state index in [1.165, 1.54) is 12.8 Å². The van der Waals surface area contributed by atoms with Crippen molar-refractivity contribution in [2.24, 2.45) is 5.92 Å². The monoisotopic (exact) mass is 331 g/mol. The average molecular weight is 331 g/mol. The van der Waals surface area contributed by atoms with Gasteiger partial charge in [0.2, 0.25) is 0 Å². The van der Waals surface area contributed by atoms with Crippen LogP contribution in [-0.4, -0.2) is 36.0 Å². The number of nitrogens with zero attached hydrogens (tertiary/aromatic N) is 2. The Morgan fingerprint density at radius 3 is 3.04 bits per heavy atom. The van der Waals surface area contributed by atoms with Crippen LogP contribution in [-0.2, 0) is 16.4 Å². The molecular weight excluding hydrogens is 306 g/mol. The second-order valence-electron chi connectivity index (χ2n) is 6.61. The van der Waals surface area contributed by atoms with E-state index in [1.807, 2.05) is 6.20 Å². The number of hydrogen-bond donors (Lipinski definition) is 3. The zero-order valence-corrected chi connectivity index (χ0v) is 14.0. The number of aromatic amines is 1. The Kier molecular flexibility index (Phi) is 4.55. The highest BCUT2D eigenvalue weighted by Crippen LogP contribution is 2.28. The van der Waals surface area contributed by atoms with E-state index in [0.717, 1.165) is 48.3 Å².